The summed E-state index contributed by atoms with van der Waals surface area (Å²) >= 11 is 3.46. The molecule has 0 spiro atoms. The lowest BCUT2D eigenvalue weighted by atomic mass is 10.0. The number of nitrogens with one attached hydrogen (secondary N) is 1. The molecule has 0 aromatic carbocycles. The van der Waals surface area contributed by atoms with E-state index in [-0.39, 0.29) is 34.2 Å². The number of carbonyl (C=O) groups is 3. The second-order valence-electron chi connectivity index (χ2n) is 7.93. The predicted molar refractivity (Wildman–Crippen MR) is 134 cm³/mol. The van der Waals surface area contributed by atoms with E-state index in [9.17, 15) is 19.5 Å². The van der Waals surface area contributed by atoms with Crippen LogP contribution in [0.4, 0.5) is 5.13 Å². The van der Waals surface area contributed by atoms with Gasteiger partial charge in [0.25, 0.3) is 11.8 Å². The number of oxime groups is 1. The van der Waals surface area contributed by atoms with E-state index in [1.807, 2.05) is 0 Å². The number of aliphatic carboxylic acids is 1. The van der Waals surface area contributed by atoms with Gasteiger partial charge in [0.05, 0.1) is 6.54 Å². The molecular formula is C18H23N11O5S3. The van der Waals surface area contributed by atoms with Crippen LogP contribution in [0.1, 0.15) is 19.7 Å². The molecule has 1 fully saturated rings. The number of carboxylic acids is 1. The van der Waals surface area contributed by atoms with Crippen molar-refractivity contribution in [2.45, 2.75) is 43.1 Å². The van der Waals surface area contributed by atoms with E-state index >= 15 is 0 Å². The van der Waals surface area contributed by atoms with E-state index in [4.69, 9.17) is 16.3 Å². The average Bonchev–Trinajstić information content (AvgIpc) is 3.49. The van der Waals surface area contributed by atoms with Crippen molar-refractivity contribution in [2.24, 2.45) is 10.9 Å². The van der Waals surface area contributed by atoms with E-state index in [0.717, 1.165) is 11.5 Å². The van der Waals surface area contributed by atoms with E-state index in [0.29, 0.717) is 29.6 Å². The summed E-state index contributed by atoms with van der Waals surface area (Å²) in [6.07, 6.45) is -0.326. The molecular weight excluding hydrogens is 546 g/mol. The second kappa shape index (κ2) is 11.4. The molecule has 2 atom stereocenters. The molecule has 2 aliphatic heterocycles. The Morgan fingerprint density at radius 3 is 2.84 bits per heavy atom. The van der Waals surface area contributed by atoms with Gasteiger partial charge in [0.15, 0.2) is 5.13 Å². The van der Waals surface area contributed by atoms with Crippen molar-refractivity contribution in [2.75, 3.05) is 23.8 Å². The molecule has 0 radical (unpaired) electrons. The molecule has 4 heterocycles. The highest BCUT2D eigenvalue weighted by Gasteiger charge is 2.54. The van der Waals surface area contributed by atoms with Crippen LogP contribution in [-0.4, -0.2) is 98.6 Å². The van der Waals surface area contributed by atoms with Crippen molar-refractivity contribution in [3.8, 4) is 0 Å². The average molecular weight is 570 g/mol. The molecule has 16 nitrogen and oxygen atoms in total. The molecule has 1 unspecified atom stereocenters. The quantitative estimate of drug-likeness (QED) is 0.107. The van der Waals surface area contributed by atoms with Gasteiger partial charge in [0.2, 0.25) is 16.7 Å². The van der Waals surface area contributed by atoms with Crippen LogP contribution in [0.2, 0.25) is 0 Å². The zero-order valence-corrected chi connectivity index (χ0v) is 22.0. The van der Waals surface area contributed by atoms with Crippen LogP contribution < -0.4 is 16.8 Å². The highest BCUT2D eigenvalue weighted by atomic mass is 32.2. The summed E-state index contributed by atoms with van der Waals surface area (Å²) in [5.74, 6) is -2.00. The molecule has 0 aliphatic carbocycles. The largest absolute Gasteiger partial charge is 0.477 e. The van der Waals surface area contributed by atoms with Crippen LogP contribution in [-0.2, 0) is 25.8 Å². The van der Waals surface area contributed by atoms with Crippen molar-refractivity contribution < 1.29 is 24.3 Å². The van der Waals surface area contributed by atoms with Crippen LogP contribution in [0.15, 0.2) is 21.6 Å². The second-order valence-corrected chi connectivity index (χ2v) is 10.8. The molecule has 4 rings (SSSR count). The third-order valence-electron chi connectivity index (χ3n) is 4.98. The molecule has 2 amide bonds. The number of nitrogen functional groups attached to an aromatic ring is 1. The Labute approximate surface area is 222 Å². The van der Waals surface area contributed by atoms with Crippen LogP contribution in [0.25, 0.3) is 0 Å². The first-order chi connectivity index (χ1) is 17.7. The summed E-state index contributed by atoms with van der Waals surface area (Å²) in [4.78, 5) is 48.5. The van der Waals surface area contributed by atoms with E-state index in [1.165, 1.54) is 33.1 Å². The van der Waals surface area contributed by atoms with E-state index in [2.05, 4.69) is 35.4 Å². The number of hydrogen-bond acceptors (Lipinski definition) is 15. The van der Waals surface area contributed by atoms with Crippen molar-refractivity contribution in [3.63, 3.8) is 0 Å². The summed E-state index contributed by atoms with van der Waals surface area (Å²) in [6.45, 7) is 4.21. The Morgan fingerprint density at radius 2 is 2.19 bits per heavy atom. The van der Waals surface area contributed by atoms with Gasteiger partial charge < -0.3 is 26.7 Å². The third kappa shape index (κ3) is 5.68. The van der Waals surface area contributed by atoms with Gasteiger partial charge in [-0.1, -0.05) is 16.9 Å². The number of fused-ring (bicyclic) bond motifs is 1. The van der Waals surface area contributed by atoms with Crippen molar-refractivity contribution in [1.82, 2.24) is 39.8 Å². The van der Waals surface area contributed by atoms with Crippen molar-refractivity contribution in [1.29, 1.82) is 0 Å². The molecule has 0 saturated carbocycles. The topological polar surface area (TPSA) is 230 Å². The molecule has 1 saturated heterocycles. The number of rotatable bonds is 11. The minimum absolute atomic E-state index is 0.0389. The van der Waals surface area contributed by atoms with Gasteiger partial charge in [-0.3, -0.25) is 14.5 Å². The maximum atomic E-state index is 13.0. The summed E-state index contributed by atoms with van der Waals surface area (Å²) in [5.41, 5.74) is 11.4. The molecule has 2 aromatic heterocycles. The maximum absolute atomic E-state index is 13.0. The standard InChI is InChI=1S/C18H23N11O5S3/c1-7(2)34-24-9(12-22-17(20)37-25-12)13(30)21-10-14(31)29-11(16(32)33)8(5-35-15(10)29)6-36-18-23-26-27-28(18)4-3-19/h7,10,15H,3-6,19H2,1-2H3,(H,21,30)(H,32,33)(H2,20,22,25)/t10?,15-/m1/s1. The van der Waals surface area contributed by atoms with Crippen LogP contribution in [0.5, 0.6) is 0 Å². The van der Waals surface area contributed by atoms with Gasteiger partial charge >= 0.3 is 5.97 Å². The predicted octanol–water partition coefficient (Wildman–Crippen LogP) is -1.27. The van der Waals surface area contributed by atoms with Crippen LogP contribution in [0.3, 0.4) is 0 Å². The number of aromatic nitrogens is 6. The Bertz CT molecular complexity index is 1260. The zero-order valence-electron chi connectivity index (χ0n) is 19.6. The number of nitrogens with zero attached hydrogens (tertiary/aromatic N) is 8. The summed E-state index contributed by atoms with van der Waals surface area (Å²) in [5, 5.41) is 27.7. The molecule has 19 heteroatoms. The lowest BCUT2D eigenvalue weighted by Crippen LogP contribution is -2.71. The fourth-order valence-electron chi connectivity index (χ4n) is 3.39. The maximum Gasteiger partial charge on any atom is 0.352 e. The fraction of sp³-hybridized carbons (Fsp3) is 0.500. The van der Waals surface area contributed by atoms with Gasteiger partial charge in [-0.05, 0) is 29.8 Å². The minimum atomic E-state index is -1.24. The molecule has 37 heavy (non-hydrogen) atoms. The number of tetrazole rings is 1. The molecule has 2 aliphatic rings. The van der Waals surface area contributed by atoms with Crippen LogP contribution >= 0.6 is 35.1 Å². The van der Waals surface area contributed by atoms with E-state index in [1.54, 1.807) is 13.8 Å². The van der Waals surface area contributed by atoms with Crippen LogP contribution in [0, 0.1) is 0 Å². The van der Waals surface area contributed by atoms with E-state index < -0.39 is 29.2 Å². The highest BCUT2D eigenvalue weighted by Crippen LogP contribution is 2.41. The number of nitrogens with two attached hydrogens (primary N) is 2. The summed E-state index contributed by atoms with van der Waals surface area (Å²) < 4.78 is 5.52. The number of carbonyl (C=O) groups excluding carboxylic acids is 2. The first-order valence-corrected chi connectivity index (χ1v) is 13.6. The summed E-state index contributed by atoms with van der Waals surface area (Å²) in [7, 11) is 0. The Morgan fingerprint density at radius 1 is 1.41 bits per heavy atom. The lowest BCUT2D eigenvalue weighted by molar-refractivity contribution is -0.150. The smallest absolute Gasteiger partial charge is 0.352 e. The lowest BCUT2D eigenvalue weighted by Gasteiger charge is -2.49. The monoisotopic (exact) mass is 569 g/mol. The molecule has 0 bridgehead atoms. The van der Waals surface area contributed by atoms with Gasteiger partial charge in [-0.15, -0.1) is 16.9 Å². The SMILES string of the molecule is CC(C)ON=C(C(=O)NC1C(=O)N2C(C(=O)O)=C(CSc3nnnn3CCN)CS[C@H]12)c1nsc(N)n1. The number of carboxylic acid groups (broad SMARTS) is 1. The number of hydrogen-bond donors (Lipinski definition) is 4. The fourth-order valence-corrected chi connectivity index (χ4v) is 6.21. The van der Waals surface area contributed by atoms with Gasteiger partial charge in [0.1, 0.15) is 23.2 Å². The first kappa shape index (κ1) is 26.8. The van der Waals surface area contributed by atoms with Gasteiger partial charge in [0, 0.05) is 29.6 Å². The minimum Gasteiger partial charge on any atom is -0.477 e. The van der Waals surface area contributed by atoms with Crippen molar-refractivity contribution in [3.05, 3.63) is 17.1 Å². The Kier molecular flexibility index (Phi) is 8.25. The highest BCUT2D eigenvalue weighted by molar-refractivity contribution is 8.01. The van der Waals surface area contributed by atoms with Gasteiger partial charge in [-0.2, -0.15) is 9.36 Å². The molecule has 198 valence electrons. The number of thioether (sulfide) groups is 2. The van der Waals surface area contributed by atoms with Gasteiger partial charge in [-0.25, -0.2) is 9.48 Å². The normalized spacial score (nSPS) is 19.6. The Balaban J connectivity index is 1.49. The number of anilines is 1. The summed E-state index contributed by atoms with van der Waals surface area (Å²) in [6, 6.07) is -0.974. The Hall–Kier alpha value is -3.29. The van der Waals surface area contributed by atoms with Crippen molar-refractivity contribution >= 4 is 63.7 Å². The third-order valence-corrected chi connectivity index (χ3v) is 7.90. The molecule has 6 N–H and O–H groups in total. The number of β-lactam (4-membered cyclic amide) rings is 1. The number of amides is 2. The zero-order chi connectivity index (χ0) is 26.7. The first-order valence-electron chi connectivity index (χ1n) is 10.8. The molecule has 2 aromatic rings.